The molecule has 1 saturated carbocycles. The lowest BCUT2D eigenvalue weighted by atomic mass is 10.3. The van der Waals surface area contributed by atoms with E-state index in [2.05, 4.69) is 31.3 Å². The second kappa shape index (κ2) is 7.93. The van der Waals surface area contributed by atoms with Crippen molar-refractivity contribution in [1.29, 1.82) is 0 Å². The standard InChI is InChI=1S/C20H18BrClN4O2/c1-2-28-17-10-9-13(21)11-15(17)23-20(27)18-24-19(12-7-8-12)26(25-18)16-6-4-3-5-14(16)22/h3-6,9-12H,2,7-8H2,1H3,(H,23,27). The highest BCUT2D eigenvalue weighted by Gasteiger charge is 2.32. The van der Waals surface area contributed by atoms with E-state index in [4.69, 9.17) is 16.3 Å². The number of aromatic nitrogens is 3. The second-order valence-corrected chi connectivity index (χ2v) is 7.78. The molecule has 8 heteroatoms. The van der Waals surface area contributed by atoms with Crippen molar-refractivity contribution in [2.24, 2.45) is 0 Å². The van der Waals surface area contributed by atoms with Crippen molar-refractivity contribution in [1.82, 2.24) is 14.8 Å². The fraction of sp³-hybridized carbons (Fsp3) is 0.250. The van der Waals surface area contributed by atoms with Gasteiger partial charge in [-0.15, -0.1) is 5.10 Å². The first-order valence-corrected chi connectivity index (χ1v) is 10.2. The van der Waals surface area contributed by atoms with Crippen molar-refractivity contribution >= 4 is 39.1 Å². The smallest absolute Gasteiger partial charge is 0.295 e. The lowest BCUT2D eigenvalue weighted by molar-refractivity contribution is 0.101. The molecule has 0 aliphatic heterocycles. The minimum Gasteiger partial charge on any atom is -0.492 e. The van der Waals surface area contributed by atoms with Crippen LogP contribution in [0.3, 0.4) is 0 Å². The predicted molar refractivity (Wildman–Crippen MR) is 112 cm³/mol. The van der Waals surface area contributed by atoms with Crippen molar-refractivity contribution in [2.45, 2.75) is 25.7 Å². The number of ether oxygens (including phenoxy) is 1. The first-order chi connectivity index (χ1) is 13.6. The topological polar surface area (TPSA) is 69.0 Å². The van der Waals surface area contributed by atoms with E-state index in [9.17, 15) is 4.79 Å². The van der Waals surface area contributed by atoms with E-state index in [0.29, 0.717) is 29.0 Å². The summed E-state index contributed by atoms with van der Waals surface area (Å²) < 4.78 is 8.10. The molecule has 4 rings (SSSR count). The van der Waals surface area contributed by atoms with Gasteiger partial charge < -0.3 is 10.1 Å². The number of hydrogen-bond donors (Lipinski definition) is 1. The number of para-hydroxylation sites is 1. The predicted octanol–water partition coefficient (Wildman–Crippen LogP) is 5.21. The van der Waals surface area contributed by atoms with Crippen LogP contribution in [0.1, 0.15) is 42.1 Å². The van der Waals surface area contributed by atoms with Gasteiger partial charge in [0.05, 0.1) is 23.0 Å². The summed E-state index contributed by atoms with van der Waals surface area (Å²) in [4.78, 5) is 17.4. The summed E-state index contributed by atoms with van der Waals surface area (Å²) in [6.07, 6.45) is 2.06. The molecule has 0 spiro atoms. The zero-order chi connectivity index (χ0) is 19.7. The Bertz CT molecular complexity index is 1030. The van der Waals surface area contributed by atoms with Gasteiger partial charge in [-0.3, -0.25) is 4.79 Å². The van der Waals surface area contributed by atoms with Crippen molar-refractivity contribution in [3.05, 3.63) is 63.6 Å². The summed E-state index contributed by atoms with van der Waals surface area (Å²) >= 11 is 9.75. The second-order valence-electron chi connectivity index (χ2n) is 6.46. The van der Waals surface area contributed by atoms with Crippen LogP contribution in [0.2, 0.25) is 5.02 Å². The van der Waals surface area contributed by atoms with E-state index in [0.717, 1.165) is 28.8 Å². The Hall–Kier alpha value is -2.38. The van der Waals surface area contributed by atoms with Crippen LogP contribution in [0.15, 0.2) is 46.9 Å². The third kappa shape index (κ3) is 3.91. The third-order valence-corrected chi connectivity index (χ3v) is 5.16. The Morgan fingerprint density at radius 2 is 2.11 bits per heavy atom. The van der Waals surface area contributed by atoms with Crippen LogP contribution in [0, 0.1) is 0 Å². The van der Waals surface area contributed by atoms with Gasteiger partial charge in [-0.25, -0.2) is 9.67 Å². The quantitative estimate of drug-likeness (QED) is 0.547. The number of rotatable bonds is 6. The number of amides is 1. The molecule has 2 aromatic carbocycles. The van der Waals surface area contributed by atoms with Gasteiger partial charge >= 0.3 is 0 Å². The number of hydrogen-bond acceptors (Lipinski definition) is 4. The van der Waals surface area contributed by atoms with Crippen LogP contribution < -0.4 is 10.1 Å². The van der Waals surface area contributed by atoms with Gasteiger partial charge in [0.15, 0.2) is 0 Å². The molecule has 0 atom stereocenters. The fourth-order valence-corrected chi connectivity index (χ4v) is 3.46. The minimum atomic E-state index is -0.397. The monoisotopic (exact) mass is 460 g/mol. The average molecular weight is 462 g/mol. The highest BCUT2D eigenvalue weighted by atomic mass is 79.9. The molecule has 0 saturated heterocycles. The molecule has 1 aliphatic carbocycles. The molecule has 144 valence electrons. The molecule has 0 radical (unpaired) electrons. The highest BCUT2D eigenvalue weighted by molar-refractivity contribution is 9.10. The van der Waals surface area contributed by atoms with Gasteiger partial charge in [0.2, 0.25) is 5.82 Å². The van der Waals surface area contributed by atoms with Gasteiger partial charge in [-0.1, -0.05) is 39.7 Å². The van der Waals surface area contributed by atoms with Crippen LogP contribution in [-0.2, 0) is 0 Å². The number of carbonyl (C=O) groups excluding carboxylic acids is 1. The molecule has 1 aromatic heterocycles. The van der Waals surface area contributed by atoms with Gasteiger partial charge in [0.1, 0.15) is 11.6 Å². The molecule has 3 aromatic rings. The molecule has 1 aliphatic rings. The fourth-order valence-electron chi connectivity index (χ4n) is 2.89. The molecule has 28 heavy (non-hydrogen) atoms. The first kappa shape index (κ1) is 19.0. The zero-order valence-corrected chi connectivity index (χ0v) is 17.5. The first-order valence-electron chi connectivity index (χ1n) is 9.02. The normalized spacial score (nSPS) is 13.4. The van der Waals surface area contributed by atoms with E-state index < -0.39 is 5.91 Å². The maximum Gasteiger partial charge on any atom is 0.295 e. The summed E-state index contributed by atoms with van der Waals surface area (Å²) in [5, 5.41) is 7.87. The van der Waals surface area contributed by atoms with Crippen LogP contribution in [-0.4, -0.2) is 27.3 Å². The van der Waals surface area contributed by atoms with Gasteiger partial charge in [-0.05, 0) is 50.1 Å². The van der Waals surface area contributed by atoms with Gasteiger partial charge in [-0.2, -0.15) is 0 Å². The summed E-state index contributed by atoms with van der Waals surface area (Å²) in [6.45, 7) is 2.39. The highest BCUT2D eigenvalue weighted by Crippen LogP contribution is 2.40. The largest absolute Gasteiger partial charge is 0.492 e. The van der Waals surface area contributed by atoms with Gasteiger partial charge in [0.25, 0.3) is 5.91 Å². The van der Waals surface area contributed by atoms with Crippen molar-refractivity contribution in [3.8, 4) is 11.4 Å². The van der Waals surface area contributed by atoms with E-state index >= 15 is 0 Å². The number of nitrogens with zero attached hydrogens (tertiary/aromatic N) is 3. The summed E-state index contributed by atoms with van der Waals surface area (Å²) in [7, 11) is 0. The Kier molecular flexibility index (Phi) is 5.37. The number of carbonyl (C=O) groups is 1. The van der Waals surface area contributed by atoms with Gasteiger partial charge in [0, 0.05) is 10.4 Å². The molecule has 1 N–H and O–H groups in total. The lowest BCUT2D eigenvalue weighted by Crippen LogP contribution is -2.15. The van der Waals surface area contributed by atoms with Crippen LogP contribution >= 0.6 is 27.5 Å². The Labute approximate surface area is 176 Å². The van der Waals surface area contributed by atoms with Crippen LogP contribution in [0.5, 0.6) is 5.75 Å². The average Bonchev–Trinajstić information content (AvgIpc) is 3.43. The molecule has 0 unspecified atom stereocenters. The Morgan fingerprint density at radius 3 is 2.82 bits per heavy atom. The van der Waals surface area contributed by atoms with Crippen LogP contribution in [0.4, 0.5) is 5.69 Å². The van der Waals surface area contributed by atoms with Crippen LogP contribution in [0.25, 0.3) is 5.69 Å². The molecule has 1 amide bonds. The number of anilines is 1. The molecule has 1 heterocycles. The molecule has 1 fully saturated rings. The maximum atomic E-state index is 12.9. The number of halogens is 2. The summed E-state index contributed by atoms with van der Waals surface area (Å²) in [6, 6.07) is 12.8. The van der Waals surface area contributed by atoms with E-state index in [1.54, 1.807) is 22.9 Å². The van der Waals surface area contributed by atoms with E-state index in [1.165, 1.54) is 0 Å². The van der Waals surface area contributed by atoms with Crippen molar-refractivity contribution in [3.63, 3.8) is 0 Å². The van der Waals surface area contributed by atoms with E-state index in [1.807, 2.05) is 31.2 Å². The zero-order valence-electron chi connectivity index (χ0n) is 15.2. The molecular weight excluding hydrogens is 444 g/mol. The van der Waals surface area contributed by atoms with Crippen molar-refractivity contribution in [2.75, 3.05) is 11.9 Å². The Morgan fingerprint density at radius 1 is 1.32 bits per heavy atom. The number of benzene rings is 2. The third-order valence-electron chi connectivity index (χ3n) is 4.35. The Balaban J connectivity index is 1.67. The maximum absolute atomic E-state index is 12.9. The lowest BCUT2D eigenvalue weighted by Gasteiger charge is -2.11. The summed E-state index contributed by atoms with van der Waals surface area (Å²) in [5.41, 5.74) is 1.28. The molecule has 0 bridgehead atoms. The number of nitrogens with one attached hydrogen (secondary N) is 1. The summed E-state index contributed by atoms with van der Waals surface area (Å²) in [5.74, 6) is 1.36. The SMILES string of the molecule is CCOc1ccc(Br)cc1NC(=O)c1nc(C2CC2)n(-c2ccccc2Cl)n1. The van der Waals surface area contributed by atoms with E-state index in [-0.39, 0.29) is 5.82 Å². The minimum absolute atomic E-state index is 0.101. The molecular formula is C20H18BrClN4O2. The van der Waals surface area contributed by atoms with Crippen molar-refractivity contribution < 1.29 is 9.53 Å². The molecule has 6 nitrogen and oxygen atoms in total.